The van der Waals surface area contributed by atoms with E-state index in [1.165, 1.54) is 5.56 Å². The van der Waals surface area contributed by atoms with E-state index in [2.05, 4.69) is 11.4 Å². The van der Waals surface area contributed by atoms with Gasteiger partial charge in [-0.2, -0.15) is 0 Å². The number of carbonyl (C=O) groups is 2. The Bertz CT molecular complexity index is 753. The Balaban J connectivity index is 1.74. The molecule has 0 aliphatic carbocycles. The Labute approximate surface area is 154 Å². The second-order valence-electron chi connectivity index (χ2n) is 6.07. The van der Waals surface area contributed by atoms with Gasteiger partial charge in [0.25, 0.3) is 0 Å². The highest BCUT2D eigenvalue weighted by atomic mass is 16.5. The third kappa shape index (κ3) is 5.92. The molecule has 0 fully saturated rings. The van der Waals surface area contributed by atoms with Crippen LogP contribution in [-0.4, -0.2) is 25.1 Å². The van der Waals surface area contributed by atoms with Gasteiger partial charge in [-0.05, 0) is 63.1 Å². The summed E-state index contributed by atoms with van der Waals surface area (Å²) in [6.07, 6.45) is 0.991. The van der Waals surface area contributed by atoms with Gasteiger partial charge in [-0.25, -0.2) is 4.79 Å². The van der Waals surface area contributed by atoms with Gasteiger partial charge >= 0.3 is 5.97 Å². The van der Waals surface area contributed by atoms with Crippen LogP contribution in [0.5, 0.6) is 5.75 Å². The summed E-state index contributed by atoms with van der Waals surface area (Å²) in [6.45, 7) is 6.63. The predicted molar refractivity (Wildman–Crippen MR) is 102 cm³/mol. The van der Waals surface area contributed by atoms with Crippen LogP contribution in [0.2, 0.25) is 0 Å². The number of esters is 1. The van der Waals surface area contributed by atoms with Crippen molar-refractivity contribution in [3.05, 3.63) is 59.2 Å². The molecule has 2 aromatic carbocycles. The standard InChI is InChI=1S/C21H25NO4/c1-4-25-21(24)17-8-10-18(11-9-17)22-20(23)6-5-13-26-19-12-7-15(2)14-16(19)3/h7-12,14H,4-6,13H2,1-3H3,(H,22,23). The Morgan fingerprint density at radius 1 is 1.04 bits per heavy atom. The fourth-order valence-electron chi connectivity index (χ4n) is 2.50. The van der Waals surface area contributed by atoms with Gasteiger partial charge in [0, 0.05) is 12.1 Å². The van der Waals surface area contributed by atoms with Crippen LogP contribution in [0, 0.1) is 13.8 Å². The van der Waals surface area contributed by atoms with Gasteiger partial charge in [0.1, 0.15) is 5.75 Å². The lowest BCUT2D eigenvalue weighted by Gasteiger charge is -2.10. The minimum atomic E-state index is -0.367. The molecule has 5 heteroatoms. The maximum absolute atomic E-state index is 12.0. The summed E-state index contributed by atoms with van der Waals surface area (Å²) in [5, 5.41) is 2.81. The lowest BCUT2D eigenvalue weighted by atomic mass is 10.1. The van der Waals surface area contributed by atoms with Crippen molar-refractivity contribution in [1.82, 2.24) is 0 Å². The summed E-state index contributed by atoms with van der Waals surface area (Å²) in [7, 11) is 0. The average Bonchev–Trinajstić information content (AvgIpc) is 2.61. The van der Waals surface area contributed by atoms with Crippen molar-refractivity contribution < 1.29 is 19.1 Å². The number of anilines is 1. The normalized spacial score (nSPS) is 10.3. The molecule has 0 aromatic heterocycles. The summed E-state index contributed by atoms with van der Waals surface area (Å²) in [5.74, 6) is 0.401. The second kappa shape index (κ2) is 9.61. The van der Waals surface area contributed by atoms with Crippen LogP contribution >= 0.6 is 0 Å². The molecule has 26 heavy (non-hydrogen) atoms. The number of hydrogen-bond donors (Lipinski definition) is 1. The van der Waals surface area contributed by atoms with Gasteiger partial charge in [-0.3, -0.25) is 4.79 Å². The molecule has 1 N–H and O–H groups in total. The van der Waals surface area contributed by atoms with Gasteiger partial charge in [-0.15, -0.1) is 0 Å². The number of amides is 1. The molecule has 2 aromatic rings. The van der Waals surface area contributed by atoms with Crippen molar-refractivity contribution in [2.45, 2.75) is 33.6 Å². The van der Waals surface area contributed by atoms with Gasteiger partial charge in [-0.1, -0.05) is 17.7 Å². The zero-order chi connectivity index (χ0) is 18.9. The average molecular weight is 355 g/mol. The SMILES string of the molecule is CCOC(=O)c1ccc(NC(=O)CCCOc2ccc(C)cc2C)cc1. The Morgan fingerprint density at radius 2 is 1.77 bits per heavy atom. The van der Waals surface area contributed by atoms with Crippen molar-refractivity contribution in [1.29, 1.82) is 0 Å². The first kappa shape index (κ1) is 19.5. The molecule has 0 atom stereocenters. The number of benzene rings is 2. The van der Waals surface area contributed by atoms with Crippen molar-refractivity contribution in [3.63, 3.8) is 0 Å². The molecule has 0 bridgehead atoms. The van der Waals surface area contributed by atoms with Crippen LogP contribution < -0.4 is 10.1 Å². The van der Waals surface area contributed by atoms with E-state index < -0.39 is 0 Å². The second-order valence-corrected chi connectivity index (χ2v) is 6.07. The highest BCUT2D eigenvalue weighted by Gasteiger charge is 2.07. The minimum absolute atomic E-state index is 0.0851. The lowest BCUT2D eigenvalue weighted by Crippen LogP contribution is -2.13. The van der Waals surface area contributed by atoms with E-state index in [-0.39, 0.29) is 11.9 Å². The first-order valence-electron chi connectivity index (χ1n) is 8.76. The van der Waals surface area contributed by atoms with Crippen molar-refractivity contribution >= 4 is 17.6 Å². The highest BCUT2D eigenvalue weighted by molar-refractivity contribution is 5.93. The number of hydrogen-bond acceptors (Lipinski definition) is 4. The fourth-order valence-corrected chi connectivity index (χ4v) is 2.50. The topological polar surface area (TPSA) is 64.6 Å². The maximum Gasteiger partial charge on any atom is 0.338 e. The Morgan fingerprint density at radius 3 is 2.42 bits per heavy atom. The van der Waals surface area contributed by atoms with E-state index in [9.17, 15) is 9.59 Å². The lowest BCUT2D eigenvalue weighted by molar-refractivity contribution is -0.116. The van der Waals surface area contributed by atoms with Crippen LogP contribution in [-0.2, 0) is 9.53 Å². The zero-order valence-corrected chi connectivity index (χ0v) is 15.5. The monoisotopic (exact) mass is 355 g/mol. The summed E-state index contributed by atoms with van der Waals surface area (Å²) >= 11 is 0. The molecule has 2 rings (SSSR count). The van der Waals surface area contributed by atoms with E-state index in [4.69, 9.17) is 9.47 Å². The van der Waals surface area contributed by atoms with Crippen LogP contribution in [0.25, 0.3) is 0 Å². The Hall–Kier alpha value is -2.82. The van der Waals surface area contributed by atoms with Gasteiger partial charge in [0.05, 0.1) is 18.8 Å². The molecule has 0 heterocycles. The Kier molecular flexibility index (Phi) is 7.21. The summed E-state index contributed by atoms with van der Waals surface area (Å²) in [6, 6.07) is 12.7. The summed E-state index contributed by atoms with van der Waals surface area (Å²) in [5.41, 5.74) is 3.41. The predicted octanol–water partition coefficient (Wildman–Crippen LogP) is 4.28. The highest BCUT2D eigenvalue weighted by Crippen LogP contribution is 2.19. The van der Waals surface area contributed by atoms with Gasteiger partial charge in [0.2, 0.25) is 5.91 Å². The summed E-state index contributed by atoms with van der Waals surface area (Å²) in [4.78, 5) is 23.6. The molecule has 0 saturated heterocycles. The molecule has 1 amide bonds. The third-order valence-corrected chi connectivity index (χ3v) is 3.82. The number of carbonyl (C=O) groups excluding carboxylic acids is 2. The number of nitrogens with one attached hydrogen (secondary N) is 1. The van der Waals surface area contributed by atoms with Crippen molar-refractivity contribution in [3.8, 4) is 5.75 Å². The number of aryl methyl sites for hydroxylation is 2. The fraction of sp³-hybridized carbons (Fsp3) is 0.333. The smallest absolute Gasteiger partial charge is 0.338 e. The van der Waals surface area contributed by atoms with E-state index in [0.717, 1.165) is 11.3 Å². The number of ether oxygens (including phenoxy) is 2. The quantitative estimate of drug-likeness (QED) is 0.567. The molecule has 0 aliphatic rings. The molecular formula is C21H25NO4. The molecule has 5 nitrogen and oxygen atoms in total. The first-order valence-corrected chi connectivity index (χ1v) is 8.76. The van der Waals surface area contributed by atoms with Crippen LogP contribution in [0.4, 0.5) is 5.69 Å². The molecule has 0 radical (unpaired) electrons. The third-order valence-electron chi connectivity index (χ3n) is 3.82. The van der Waals surface area contributed by atoms with Gasteiger partial charge in [0.15, 0.2) is 0 Å². The van der Waals surface area contributed by atoms with E-state index >= 15 is 0 Å². The van der Waals surface area contributed by atoms with Gasteiger partial charge < -0.3 is 14.8 Å². The minimum Gasteiger partial charge on any atom is -0.493 e. The van der Waals surface area contributed by atoms with E-state index in [1.54, 1.807) is 31.2 Å². The van der Waals surface area contributed by atoms with Crippen molar-refractivity contribution in [2.24, 2.45) is 0 Å². The van der Waals surface area contributed by atoms with E-state index in [1.807, 2.05) is 26.0 Å². The molecule has 0 spiro atoms. The molecular weight excluding hydrogens is 330 g/mol. The summed E-state index contributed by atoms with van der Waals surface area (Å²) < 4.78 is 10.7. The molecule has 138 valence electrons. The molecule has 0 aliphatic heterocycles. The number of rotatable bonds is 8. The van der Waals surface area contributed by atoms with Crippen LogP contribution in [0.1, 0.15) is 41.3 Å². The molecule has 0 unspecified atom stereocenters. The zero-order valence-electron chi connectivity index (χ0n) is 15.5. The largest absolute Gasteiger partial charge is 0.493 e. The molecule has 0 saturated carbocycles. The van der Waals surface area contributed by atoms with Crippen LogP contribution in [0.3, 0.4) is 0 Å². The van der Waals surface area contributed by atoms with E-state index in [0.29, 0.717) is 37.3 Å². The van der Waals surface area contributed by atoms with Crippen LogP contribution in [0.15, 0.2) is 42.5 Å². The van der Waals surface area contributed by atoms with Crippen molar-refractivity contribution in [2.75, 3.05) is 18.5 Å². The maximum atomic E-state index is 12.0. The first-order chi connectivity index (χ1) is 12.5.